The summed E-state index contributed by atoms with van der Waals surface area (Å²) >= 11 is 5.71. The Morgan fingerprint density at radius 2 is 2.17 bits per heavy atom. The highest BCUT2D eigenvalue weighted by Gasteiger charge is 2.14. The molecule has 0 unspecified atom stereocenters. The third-order valence-corrected chi connectivity index (χ3v) is 3.32. The smallest absolute Gasteiger partial charge is 0.341 e. The number of carbonyl (C=O) groups excluding carboxylic acids is 1. The number of pyridine rings is 1. The number of nitrogens with one attached hydrogen (secondary N) is 1. The summed E-state index contributed by atoms with van der Waals surface area (Å²) in [6.07, 6.45) is 6.95. The van der Waals surface area contributed by atoms with Crippen molar-refractivity contribution in [3.8, 4) is 0 Å². The monoisotopic (exact) mass is 269 g/mol. The van der Waals surface area contributed by atoms with Crippen LogP contribution in [-0.2, 0) is 0 Å². The molecule has 1 aliphatic carbocycles. The Hall–Kier alpha value is -1.49. The van der Waals surface area contributed by atoms with Crippen molar-refractivity contribution in [1.82, 2.24) is 10.0 Å². The highest BCUT2D eigenvalue weighted by molar-refractivity contribution is 6.29. The maximum Gasteiger partial charge on any atom is 0.341 e. The fourth-order valence-corrected chi connectivity index (χ4v) is 2.26. The summed E-state index contributed by atoms with van der Waals surface area (Å²) in [4.78, 5) is 15.6. The molecule has 1 saturated carbocycles. The number of hydrogen-bond donors (Lipinski definition) is 2. The van der Waals surface area contributed by atoms with E-state index in [0.717, 1.165) is 30.4 Å². The number of hydrogen-bond acceptors (Lipinski definition) is 2. The first kappa shape index (κ1) is 13.0. The van der Waals surface area contributed by atoms with Gasteiger partial charge in [-0.15, -0.1) is 0 Å². The number of aromatic nitrogens is 1. The van der Waals surface area contributed by atoms with Crippen LogP contribution in [0.1, 0.15) is 32.1 Å². The van der Waals surface area contributed by atoms with E-state index in [2.05, 4.69) is 10.3 Å². The molecule has 5 nitrogen and oxygen atoms in total. The van der Waals surface area contributed by atoms with Gasteiger partial charge in [-0.25, -0.2) is 4.79 Å². The zero-order chi connectivity index (χ0) is 13.0. The summed E-state index contributed by atoms with van der Waals surface area (Å²) in [7, 11) is 0. The van der Waals surface area contributed by atoms with Crippen LogP contribution in [0.4, 0.5) is 4.79 Å². The molecular weight excluding hydrogens is 254 g/mol. The number of amides is 2. The van der Waals surface area contributed by atoms with Gasteiger partial charge in [-0.05, 0) is 18.9 Å². The predicted octanol–water partition coefficient (Wildman–Crippen LogP) is 2.32. The van der Waals surface area contributed by atoms with E-state index in [0.29, 0.717) is 5.36 Å². The molecule has 1 aromatic heterocycles. The van der Waals surface area contributed by atoms with Crippen LogP contribution in [0.15, 0.2) is 23.3 Å². The minimum Gasteiger partial charge on any atom is -0.428 e. The first-order valence-electron chi connectivity index (χ1n) is 6.08. The van der Waals surface area contributed by atoms with Crippen LogP contribution in [0.2, 0.25) is 5.15 Å². The average Bonchev–Trinajstić information content (AvgIpc) is 2.35. The Kier molecular flexibility index (Phi) is 4.25. The van der Waals surface area contributed by atoms with Gasteiger partial charge in [-0.3, -0.25) is 0 Å². The third-order valence-electron chi connectivity index (χ3n) is 3.04. The molecule has 98 valence electrons. The number of nitrogens with zero attached hydrogens (tertiary/aromatic N) is 2. The fraction of sp³-hybridized carbons (Fsp3) is 0.500. The van der Waals surface area contributed by atoms with Gasteiger partial charge < -0.3 is 10.5 Å². The van der Waals surface area contributed by atoms with Crippen LogP contribution in [0, 0.1) is 0 Å². The normalized spacial score (nSPS) is 17.7. The lowest BCUT2D eigenvalue weighted by Gasteiger charge is -2.21. The maximum absolute atomic E-state index is 11.7. The van der Waals surface area contributed by atoms with Gasteiger partial charge in [0.1, 0.15) is 5.15 Å². The van der Waals surface area contributed by atoms with Crippen molar-refractivity contribution >= 4 is 17.6 Å². The Morgan fingerprint density at radius 3 is 2.83 bits per heavy atom. The molecule has 0 spiro atoms. The van der Waals surface area contributed by atoms with Crippen molar-refractivity contribution in [3.05, 3.63) is 28.8 Å². The standard InChI is InChI=1S/C12H16ClN3O2/c13-11-8-10(6-7-16(11)18)15-12(17)14-9-4-2-1-3-5-9/h6-9,18H,1-5H2,(H,14,17)/b15-10-. The lowest BCUT2D eigenvalue weighted by Crippen LogP contribution is -2.35. The SMILES string of the molecule is O=C(/N=c1/ccn(O)c(Cl)c1)NC1CCCCC1. The van der Waals surface area contributed by atoms with Gasteiger partial charge in [0.15, 0.2) is 0 Å². The summed E-state index contributed by atoms with van der Waals surface area (Å²) in [5, 5.41) is 12.6. The molecule has 6 heteroatoms. The Balaban J connectivity index is 2.02. The van der Waals surface area contributed by atoms with Crippen molar-refractivity contribution in [2.24, 2.45) is 4.99 Å². The number of urea groups is 1. The molecule has 0 aliphatic heterocycles. The Labute approximate surface area is 110 Å². The topological polar surface area (TPSA) is 66.6 Å². The van der Waals surface area contributed by atoms with Crippen molar-refractivity contribution < 1.29 is 10.0 Å². The van der Waals surface area contributed by atoms with Crippen LogP contribution < -0.4 is 10.7 Å². The van der Waals surface area contributed by atoms with Gasteiger partial charge in [-0.2, -0.15) is 9.72 Å². The summed E-state index contributed by atoms with van der Waals surface area (Å²) in [5.41, 5.74) is 0. The molecule has 0 saturated heterocycles. The van der Waals surface area contributed by atoms with E-state index < -0.39 is 0 Å². The number of carbonyl (C=O) groups is 1. The van der Waals surface area contributed by atoms with E-state index in [1.807, 2.05) is 0 Å². The third kappa shape index (κ3) is 3.50. The highest BCUT2D eigenvalue weighted by atomic mass is 35.5. The van der Waals surface area contributed by atoms with Crippen molar-refractivity contribution in [1.29, 1.82) is 0 Å². The van der Waals surface area contributed by atoms with E-state index in [1.54, 1.807) is 0 Å². The van der Waals surface area contributed by atoms with Crippen LogP contribution in [0.5, 0.6) is 0 Å². The quantitative estimate of drug-likeness (QED) is 0.607. The van der Waals surface area contributed by atoms with Crippen molar-refractivity contribution in [3.63, 3.8) is 0 Å². The first-order valence-corrected chi connectivity index (χ1v) is 6.45. The van der Waals surface area contributed by atoms with E-state index in [9.17, 15) is 10.0 Å². The first-order chi connectivity index (χ1) is 8.65. The molecule has 0 aromatic carbocycles. The molecule has 0 radical (unpaired) electrons. The summed E-state index contributed by atoms with van der Waals surface area (Å²) in [6, 6.07) is 2.83. The number of halogens is 1. The molecule has 1 fully saturated rings. The van der Waals surface area contributed by atoms with Gasteiger partial charge in [0, 0.05) is 18.3 Å². The van der Waals surface area contributed by atoms with Crippen LogP contribution in [0.25, 0.3) is 0 Å². The largest absolute Gasteiger partial charge is 0.428 e. The zero-order valence-electron chi connectivity index (χ0n) is 9.97. The highest BCUT2D eigenvalue weighted by Crippen LogP contribution is 2.17. The summed E-state index contributed by atoms with van der Waals surface area (Å²) < 4.78 is 0.764. The minimum atomic E-state index is -0.353. The Bertz CT molecular complexity index is 492. The molecule has 2 N–H and O–H groups in total. The number of rotatable bonds is 1. The fourth-order valence-electron chi connectivity index (χ4n) is 2.10. The van der Waals surface area contributed by atoms with E-state index in [1.165, 1.54) is 24.8 Å². The second kappa shape index (κ2) is 5.91. The lowest BCUT2D eigenvalue weighted by atomic mass is 9.96. The molecule has 0 atom stereocenters. The van der Waals surface area contributed by atoms with E-state index in [4.69, 9.17) is 11.6 Å². The van der Waals surface area contributed by atoms with Gasteiger partial charge in [-0.1, -0.05) is 30.9 Å². The van der Waals surface area contributed by atoms with Crippen molar-refractivity contribution in [2.75, 3.05) is 0 Å². The minimum absolute atomic E-state index is 0.113. The van der Waals surface area contributed by atoms with E-state index >= 15 is 0 Å². The second-order valence-corrected chi connectivity index (χ2v) is 4.84. The summed E-state index contributed by atoms with van der Waals surface area (Å²) in [6.45, 7) is 0. The predicted molar refractivity (Wildman–Crippen MR) is 67.6 cm³/mol. The van der Waals surface area contributed by atoms with Gasteiger partial charge in [0.05, 0.1) is 5.36 Å². The Morgan fingerprint density at radius 1 is 1.44 bits per heavy atom. The van der Waals surface area contributed by atoms with E-state index in [-0.39, 0.29) is 17.2 Å². The maximum atomic E-state index is 11.7. The van der Waals surface area contributed by atoms with Gasteiger partial charge in [0.25, 0.3) is 0 Å². The molecule has 2 rings (SSSR count). The van der Waals surface area contributed by atoms with Crippen LogP contribution >= 0.6 is 11.6 Å². The molecule has 2 amide bonds. The van der Waals surface area contributed by atoms with Gasteiger partial charge in [0.2, 0.25) is 0 Å². The molecule has 18 heavy (non-hydrogen) atoms. The van der Waals surface area contributed by atoms with Gasteiger partial charge >= 0.3 is 6.03 Å². The molecule has 0 bridgehead atoms. The van der Waals surface area contributed by atoms with Crippen LogP contribution in [-0.4, -0.2) is 22.0 Å². The molecular formula is C12H16ClN3O2. The molecule has 1 aliphatic rings. The second-order valence-electron chi connectivity index (χ2n) is 4.45. The molecule has 1 aromatic rings. The zero-order valence-corrected chi connectivity index (χ0v) is 10.7. The molecule has 1 heterocycles. The van der Waals surface area contributed by atoms with Crippen LogP contribution in [0.3, 0.4) is 0 Å². The lowest BCUT2D eigenvalue weighted by molar-refractivity contribution is 0.185. The summed E-state index contributed by atoms with van der Waals surface area (Å²) in [5.74, 6) is 0. The van der Waals surface area contributed by atoms with Crippen molar-refractivity contribution in [2.45, 2.75) is 38.1 Å². The average molecular weight is 270 g/mol.